The van der Waals surface area contributed by atoms with Gasteiger partial charge in [0.25, 0.3) is 0 Å². The molecule has 0 saturated heterocycles. The van der Waals surface area contributed by atoms with Crippen molar-refractivity contribution in [3.8, 4) is 0 Å². The van der Waals surface area contributed by atoms with Gasteiger partial charge in [-0.2, -0.15) is 0 Å². The van der Waals surface area contributed by atoms with Crippen LogP contribution >= 0.6 is 11.3 Å². The zero-order valence-corrected chi connectivity index (χ0v) is 14.3. The summed E-state index contributed by atoms with van der Waals surface area (Å²) >= 11 is 1.57. The molecule has 114 valence electrons. The monoisotopic (exact) mass is 316 g/mol. The van der Waals surface area contributed by atoms with E-state index in [4.69, 9.17) is 0 Å². The molecule has 0 aliphatic heterocycles. The topological polar surface area (TPSA) is 49.4 Å². The second-order valence-electron chi connectivity index (χ2n) is 5.67. The van der Waals surface area contributed by atoms with Crippen LogP contribution < -0.4 is 5.32 Å². The van der Waals surface area contributed by atoms with Crippen LogP contribution in [0.25, 0.3) is 0 Å². The van der Waals surface area contributed by atoms with Gasteiger partial charge in [0.05, 0.1) is 4.90 Å². The molecule has 4 nitrogen and oxygen atoms in total. The minimum absolute atomic E-state index is 0.478. The molecule has 1 N–H and O–H groups in total. The summed E-state index contributed by atoms with van der Waals surface area (Å²) in [5, 5.41) is 3.24. The third-order valence-corrected chi connectivity index (χ3v) is 7.06. The average molecular weight is 316 g/mol. The highest BCUT2D eigenvalue weighted by atomic mass is 32.2. The molecule has 1 saturated carbocycles. The molecule has 0 aromatic carbocycles. The van der Waals surface area contributed by atoms with Crippen LogP contribution in [0.4, 0.5) is 0 Å². The second-order valence-corrected chi connectivity index (χ2v) is 9.03. The first kappa shape index (κ1) is 15.9. The zero-order chi connectivity index (χ0) is 14.9. The lowest BCUT2D eigenvalue weighted by atomic mass is 10.3. The van der Waals surface area contributed by atoms with E-state index in [1.807, 2.05) is 19.9 Å². The van der Waals surface area contributed by atoms with Gasteiger partial charge in [0.15, 0.2) is 0 Å². The molecule has 1 fully saturated rings. The maximum absolute atomic E-state index is 12.6. The lowest BCUT2D eigenvalue weighted by molar-refractivity contribution is 0.444. The fourth-order valence-corrected chi connectivity index (χ4v) is 5.16. The van der Waals surface area contributed by atoms with Crippen molar-refractivity contribution in [3.63, 3.8) is 0 Å². The van der Waals surface area contributed by atoms with E-state index in [1.165, 1.54) is 4.31 Å². The summed E-state index contributed by atoms with van der Waals surface area (Å²) in [4.78, 5) is 2.44. The Morgan fingerprint density at radius 3 is 2.70 bits per heavy atom. The molecular weight excluding hydrogens is 292 g/mol. The van der Waals surface area contributed by atoms with Gasteiger partial charge in [0.1, 0.15) is 0 Å². The molecule has 2 atom stereocenters. The number of rotatable bonds is 7. The van der Waals surface area contributed by atoms with E-state index in [2.05, 4.69) is 12.2 Å². The van der Waals surface area contributed by atoms with Crippen molar-refractivity contribution < 1.29 is 8.42 Å². The molecule has 0 amide bonds. The molecule has 0 bridgehead atoms. The Kier molecular flexibility index (Phi) is 4.89. The van der Waals surface area contributed by atoms with Crippen LogP contribution in [-0.4, -0.2) is 32.9 Å². The Hall–Kier alpha value is -0.430. The minimum Gasteiger partial charge on any atom is -0.312 e. The van der Waals surface area contributed by atoms with E-state index in [0.29, 0.717) is 23.3 Å². The quantitative estimate of drug-likeness (QED) is 0.840. The van der Waals surface area contributed by atoms with Crippen molar-refractivity contribution in [1.82, 2.24) is 9.62 Å². The van der Waals surface area contributed by atoms with Crippen LogP contribution in [0, 0.1) is 18.8 Å². The first-order valence-corrected chi connectivity index (χ1v) is 9.38. The first-order chi connectivity index (χ1) is 9.36. The summed E-state index contributed by atoms with van der Waals surface area (Å²) in [7, 11) is -1.64. The van der Waals surface area contributed by atoms with Gasteiger partial charge in [-0.25, -0.2) is 12.7 Å². The number of hydrogen-bond donors (Lipinski definition) is 1. The van der Waals surface area contributed by atoms with E-state index < -0.39 is 10.0 Å². The van der Waals surface area contributed by atoms with E-state index in [0.717, 1.165) is 29.3 Å². The van der Waals surface area contributed by atoms with Gasteiger partial charge in [0, 0.05) is 29.9 Å². The highest BCUT2D eigenvalue weighted by molar-refractivity contribution is 7.89. The smallest absolute Gasteiger partial charge is 0.243 e. The number of sulfonamides is 1. The SMILES string of the molecule is CCNCc1cc(S(=O)(=O)N(C)CC2CC2C)c(C)s1. The Morgan fingerprint density at radius 2 is 2.15 bits per heavy atom. The summed E-state index contributed by atoms with van der Waals surface area (Å²) in [5.41, 5.74) is 0. The number of nitrogens with one attached hydrogen (secondary N) is 1. The van der Waals surface area contributed by atoms with Gasteiger partial charge < -0.3 is 5.32 Å². The third kappa shape index (κ3) is 3.42. The molecule has 20 heavy (non-hydrogen) atoms. The van der Waals surface area contributed by atoms with Crippen molar-refractivity contribution in [2.45, 2.75) is 38.6 Å². The fourth-order valence-electron chi connectivity index (χ4n) is 2.37. The molecule has 0 radical (unpaired) electrons. The normalized spacial score (nSPS) is 22.4. The van der Waals surface area contributed by atoms with Crippen LogP contribution in [0.5, 0.6) is 0 Å². The van der Waals surface area contributed by atoms with Crippen LogP contribution in [0.15, 0.2) is 11.0 Å². The molecule has 1 aromatic heterocycles. The predicted molar refractivity (Wildman–Crippen MR) is 83.5 cm³/mol. The standard InChI is InChI=1S/C14H24N2O2S2/c1-5-15-8-13-7-14(11(3)19-13)20(17,18)16(4)9-12-6-10(12)2/h7,10,12,15H,5-6,8-9H2,1-4H3. The number of thiophene rings is 1. The molecule has 0 spiro atoms. The minimum atomic E-state index is -3.34. The van der Waals surface area contributed by atoms with Crippen LogP contribution in [0.3, 0.4) is 0 Å². The predicted octanol–water partition coefficient (Wildman–Crippen LogP) is 2.44. The van der Waals surface area contributed by atoms with E-state index in [-0.39, 0.29) is 0 Å². The molecule has 1 heterocycles. The Labute approximate surface area is 126 Å². The highest BCUT2D eigenvalue weighted by Crippen LogP contribution is 2.39. The molecular formula is C14H24N2O2S2. The van der Waals surface area contributed by atoms with Crippen LogP contribution in [0.2, 0.25) is 0 Å². The van der Waals surface area contributed by atoms with Gasteiger partial charge >= 0.3 is 0 Å². The fraction of sp³-hybridized carbons (Fsp3) is 0.714. The Bertz CT molecular complexity index is 566. The molecule has 2 rings (SSSR count). The van der Waals surface area contributed by atoms with Crippen molar-refractivity contribution in [2.24, 2.45) is 11.8 Å². The summed E-state index contributed by atoms with van der Waals surface area (Å²) in [6.07, 6.45) is 1.15. The first-order valence-electron chi connectivity index (χ1n) is 7.12. The van der Waals surface area contributed by atoms with Gasteiger partial charge in [-0.15, -0.1) is 11.3 Å². The largest absolute Gasteiger partial charge is 0.312 e. The molecule has 1 aliphatic carbocycles. The van der Waals surface area contributed by atoms with Crippen LogP contribution in [0.1, 0.15) is 30.0 Å². The lowest BCUT2D eigenvalue weighted by Gasteiger charge is -2.16. The number of hydrogen-bond acceptors (Lipinski definition) is 4. The molecule has 1 aromatic rings. The number of nitrogens with zero attached hydrogens (tertiary/aromatic N) is 1. The van der Waals surface area contributed by atoms with Gasteiger partial charge in [-0.1, -0.05) is 13.8 Å². The van der Waals surface area contributed by atoms with Gasteiger partial charge in [-0.05, 0) is 37.8 Å². The zero-order valence-electron chi connectivity index (χ0n) is 12.6. The maximum Gasteiger partial charge on any atom is 0.243 e. The lowest BCUT2D eigenvalue weighted by Crippen LogP contribution is -2.29. The maximum atomic E-state index is 12.6. The summed E-state index contributed by atoms with van der Waals surface area (Å²) in [6, 6.07) is 1.82. The van der Waals surface area contributed by atoms with Crippen LogP contribution in [-0.2, 0) is 16.6 Å². The molecule has 2 unspecified atom stereocenters. The van der Waals surface area contributed by atoms with E-state index >= 15 is 0 Å². The van der Waals surface area contributed by atoms with E-state index in [9.17, 15) is 8.42 Å². The Balaban J connectivity index is 2.13. The van der Waals surface area contributed by atoms with Crippen molar-refractivity contribution >= 4 is 21.4 Å². The molecule has 6 heteroatoms. The van der Waals surface area contributed by atoms with Crippen molar-refractivity contribution in [1.29, 1.82) is 0 Å². The van der Waals surface area contributed by atoms with Gasteiger partial charge in [0.2, 0.25) is 10.0 Å². The van der Waals surface area contributed by atoms with E-state index in [1.54, 1.807) is 18.4 Å². The van der Waals surface area contributed by atoms with Crippen molar-refractivity contribution in [3.05, 3.63) is 15.8 Å². The Morgan fingerprint density at radius 1 is 1.50 bits per heavy atom. The highest BCUT2D eigenvalue weighted by Gasteiger charge is 2.36. The third-order valence-electron chi connectivity index (χ3n) is 3.93. The summed E-state index contributed by atoms with van der Waals surface area (Å²) in [6.45, 7) is 8.37. The average Bonchev–Trinajstić information content (AvgIpc) is 2.93. The van der Waals surface area contributed by atoms with Gasteiger partial charge in [-0.3, -0.25) is 0 Å². The number of aryl methyl sites for hydroxylation is 1. The second kappa shape index (κ2) is 6.13. The summed E-state index contributed by atoms with van der Waals surface area (Å²) in [5.74, 6) is 1.20. The summed E-state index contributed by atoms with van der Waals surface area (Å²) < 4.78 is 26.8. The molecule has 1 aliphatic rings. The van der Waals surface area contributed by atoms with Crippen molar-refractivity contribution in [2.75, 3.05) is 20.1 Å².